The molecule has 0 saturated carbocycles. The van der Waals surface area contributed by atoms with E-state index in [9.17, 15) is 9.59 Å². The first-order chi connectivity index (χ1) is 11.0. The lowest BCUT2D eigenvalue weighted by molar-refractivity contribution is -0.136. The number of anilines is 1. The number of nitrogens with zero attached hydrogens (tertiary/aromatic N) is 1. The van der Waals surface area contributed by atoms with E-state index in [-0.39, 0.29) is 0 Å². The molecule has 2 amide bonds. The van der Waals surface area contributed by atoms with Crippen molar-refractivity contribution in [1.29, 1.82) is 0 Å². The molecular weight excluding hydrogens is 314 g/mol. The molecule has 0 aromatic heterocycles. The lowest BCUT2D eigenvalue weighted by atomic mass is 10.1. The van der Waals surface area contributed by atoms with Crippen LogP contribution in [0.25, 0.3) is 0 Å². The molecule has 5 nitrogen and oxygen atoms in total. The summed E-state index contributed by atoms with van der Waals surface area (Å²) in [6.45, 7) is 5.82. The normalized spacial score (nSPS) is 16.6. The van der Waals surface area contributed by atoms with Gasteiger partial charge in [0, 0.05) is 23.8 Å². The van der Waals surface area contributed by atoms with E-state index >= 15 is 0 Å². The summed E-state index contributed by atoms with van der Waals surface area (Å²) in [4.78, 5) is 26.1. The first kappa shape index (κ1) is 17.8. The Morgan fingerprint density at radius 1 is 1.13 bits per heavy atom. The van der Waals surface area contributed by atoms with Crippen molar-refractivity contribution < 1.29 is 9.59 Å². The maximum atomic E-state index is 11.8. The molecule has 1 aromatic rings. The van der Waals surface area contributed by atoms with Crippen LogP contribution in [0.3, 0.4) is 0 Å². The third kappa shape index (κ3) is 6.20. The second-order valence-corrected chi connectivity index (χ2v) is 6.57. The van der Waals surface area contributed by atoms with Gasteiger partial charge in [-0.3, -0.25) is 9.59 Å². The molecule has 1 heterocycles. The maximum absolute atomic E-state index is 11.8. The van der Waals surface area contributed by atoms with Gasteiger partial charge in [0.2, 0.25) is 0 Å². The van der Waals surface area contributed by atoms with Gasteiger partial charge < -0.3 is 15.5 Å². The number of nitrogens with one attached hydrogen (secondary N) is 2. The van der Waals surface area contributed by atoms with Crippen molar-refractivity contribution in [3.05, 3.63) is 29.3 Å². The summed E-state index contributed by atoms with van der Waals surface area (Å²) in [5.74, 6) is -0.941. The minimum Gasteiger partial charge on any atom is -0.348 e. The predicted octanol–water partition coefficient (Wildman–Crippen LogP) is 2.52. The summed E-state index contributed by atoms with van der Waals surface area (Å²) in [6, 6.07) is 6.64. The third-order valence-electron chi connectivity index (χ3n) is 3.94. The zero-order valence-electron chi connectivity index (χ0n) is 13.5. The van der Waals surface area contributed by atoms with Crippen molar-refractivity contribution in [2.45, 2.75) is 26.2 Å². The van der Waals surface area contributed by atoms with Gasteiger partial charge in [0.25, 0.3) is 0 Å². The molecule has 6 heteroatoms. The molecule has 1 unspecified atom stereocenters. The molecule has 2 N–H and O–H groups in total. The number of rotatable bonds is 5. The number of benzene rings is 1. The summed E-state index contributed by atoms with van der Waals surface area (Å²) >= 11 is 5.78. The number of likely N-dealkylation sites (tertiary alicyclic amines) is 1. The van der Waals surface area contributed by atoms with Gasteiger partial charge in [0.15, 0.2) is 0 Å². The molecule has 0 aliphatic carbocycles. The van der Waals surface area contributed by atoms with Crippen molar-refractivity contribution in [3.8, 4) is 0 Å². The lowest BCUT2D eigenvalue weighted by Gasteiger charge is -2.29. The summed E-state index contributed by atoms with van der Waals surface area (Å²) in [5, 5.41) is 5.84. The van der Waals surface area contributed by atoms with Gasteiger partial charge >= 0.3 is 11.8 Å². The third-order valence-corrected chi connectivity index (χ3v) is 4.19. The Morgan fingerprint density at radius 3 is 2.43 bits per heavy atom. The van der Waals surface area contributed by atoms with Gasteiger partial charge in [-0.25, -0.2) is 0 Å². The van der Waals surface area contributed by atoms with Crippen LogP contribution in [0, 0.1) is 5.92 Å². The Kier molecular flexibility index (Phi) is 6.86. The molecule has 0 bridgehead atoms. The number of amides is 2. The van der Waals surface area contributed by atoms with E-state index in [1.165, 1.54) is 19.3 Å². The minimum absolute atomic E-state index is 0.320. The number of piperidine rings is 1. The molecule has 1 atom stereocenters. The van der Waals surface area contributed by atoms with Crippen LogP contribution in [0.1, 0.15) is 26.2 Å². The monoisotopic (exact) mass is 337 g/mol. The Morgan fingerprint density at radius 2 is 1.78 bits per heavy atom. The van der Waals surface area contributed by atoms with Gasteiger partial charge in [0.05, 0.1) is 0 Å². The van der Waals surface area contributed by atoms with Crippen LogP contribution in [0.5, 0.6) is 0 Å². The molecule has 1 aromatic carbocycles. The predicted molar refractivity (Wildman–Crippen MR) is 92.5 cm³/mol. The second kappa shape index (κ2) is 8.89. The number of halogens is 1. The number of hydrogen-bond acceptors (Lipinski definition) is 3. The Balaban J connectivity index is 1.70. The highest BCUT2D eigenvalue weighted by atomic mass is 35.5. The van der Waals surface area contributed by atoms with E-state index in [0.717, 1.165) is 19.6 Å². The summed E-state index contributed by atoms with van der Waals surface area (Å²) in [5.41, 5.74) is 0.552. The van der Waals surface area contributed by atoms with Crippen LogP contribution in [-0.2, 0) is 9.59 Å². The van der Waals surface area contributed by atoms with Gasteiger partial charge in [-0.1, -0.05) is 24.9 Å². The summed E-state index contributed by atoms with van der Waals surface area (Å²) in [7, 11) is 0. The van der Waals surface area contributed by atoms with E-state index in [0.29, 0.717) is 23.2 Å². The molecular formula is C17H24ClN3O2. The zero-order valence-corrected chi connectivity index (χ0v) is 14.2. The summed E-state index contributed by atoms with van der Waals surface area (Å²) in [6.07, 6.45) is 3.82. The zero-order chi connectivity index (χ0) is 16.7. The fourth-order valence-corrected chi connectivity index (χ4v) is 2.84. The standard InChI is InChI=1S/C17H24ClN3O2/c1-13(12-21-9-3-2-4-10-21)11-19-16(22)17(23)20-15-7-5-14(18)6-8-15/h5-8,13H,2-4,9-12H2,1H3,(H,19,22)(H,20,23). The van der Waals surface area contributed by atoms with Gasteiger partial charge in [0.1, 0.15) is 0 Å². The van der Waals surface area contributed by atoms with Crippen LogP contribution in [-0.4, -0.2) is 42.9 Å². The van der Waals surface area contributed by atoms with Gasteiger partial charge in [-0.15, -0.1) is 0 Å². The van der Waals surface area contributed by atoms with Crippen molar-refractivity contribution in [2.75, 3.05) is 31.5 Å². The highest BCUT2D eigenvalue weighted by Crippen LogP contribution is 2.13. The minimum atomic E-state index is -0.655. The SMILES string of the molecule is CC(CNC(=O)C(=O)Nc1ccc(Cl)cc1)CN1CCCCC1. The van der Waals surface area contributed by atoms with E-state index in [2.05, 4.69) is 22.5 Å². The molecule has 0 radical (unpaired) electrons. The fourth-order valence-electron chi connectivity index (χ4n) is 2.72. The number of hydrogen-bond donors (Lipinski definition) is 2. The highest BCUT2D eigenvalue weighted by molar-refractivity contribution is 6.39. The Bertz CT molecular complexity index is 527. The maximum Gasteiger partial charge on any atom is 0.313 e. The second-order valence-electron chi connectivity index (χ2n) is 6.14. The molecule has 1 aliphatic heterocycles. The lowest BCUT2D eigenvalue weighted by Crippen LogP contribution is -2.41. The van der Waals surface area contributed by atoms with Crippen molar-refractivity contribution in [1.82, 2.24) is 10.2 Å². The van der Waals surface area contributed by atoms with Crippen LogP contribution >= 0.6 is 11.6 Å². The van der Waals surface area contributed by atoms with Gasteiger partial charge in [-0.2, -0.15) is 0 Å². The highest BCUT2D eigenvalue weighted by Gasteiger charge is 2.17. The molecule has 2 rings (SSSR count). The van der Waals surface area contributed by atoms with Gasteiger partial charge in [-0.05, 0) is 56.1 Å². The Hall–Kier alpha value is -1.59. The van der Waals surface area contributed by atoms with E-state index in [1.54, 1.807) is 24.3 Å². The Labute approximate surface area is 142 Å². The molecule has 0 spiro atoms. The molecule has 126 valence electrons. The van der Waals surface area contributed by atoms with Crippen molar-refractivity contribution in [3.63, 3.8) is 0 Å². The van der Waals surface area contributed by atoms with E-state index in [4.69, 9.17) is 11.6 Å². The number of carbonyl (C=O) groups is 2. The van der Waals surface area contributed by atoms with Crippen LogP contribution in [0.4, 0.5) is 5.69 Å². The summed E-state index contributed by atoms with van der Waals surface area (Å²) < 4.78 is 0. The van der Waals surface area contributed by atoms with Crippen molar-refractivity contribution in [2.24, 2.45) is 5.92 Å². The number of carbonyl (C=O) groups excluding carboxylic acids is 2. The quantitative estimate of drug-likeness (QED) is 0.812. The molecule has 1 fully saturated rings. The van der Waals surface area contributed by atoms with E-state index in [1.807, 2.05) is 0 Å². The molecule has 1 saturated heterocycles. The van der Waals surface area contributed by atoms with Crippen LogP contribution in [0.2, 0.25) is 5.02 Å². The topological polar surface area (TPSA) is 61.4 Å². The van der Waals surface area contributed by atoms with E-state index < -0.39 is 11.8 Å². The fraction of sp³-hybridized carbons (Fsp3) is 0.529. The molecule has 1 aliphatic rings. The average Bonchev–Trinajstić information content (AvgIpc) is 2.55. The first-order valence-electron chi connectivity index (χ1n) is 8.11. The molecule has 23 heavy (non-hydrogen) atoms. The van der Waals surface area contributed by atoms with Crippen LogP contribution in [0.15, 0.2) is 24.3 Å². The largest absolute Gasteiger partial charge is 0.348 e. The smallest absolute Gasteiger partial charge is 0.313 e. The van der Waals surface area contributed by atoms with Crippen LogP contribution < -0.4 is 10.6 Å². The van der Waals surface area contributed by atoms with Crippen molar-refractivity contribution >= 4 is 29.1 Å². The average molecular weight is 338 g/mol. The first-order valence-corrected chi connectivity index (χ1v) is 8.49.